The monoisotopic (exact) mass is 252 g/mol. The van der Waals surface area contributed by atoms with E-state index in [4.69, 9.17) is 5.73 Å². The van der Waals surface area contributed by atoms with Crippen molar-refractivity contribution in [2.24, 2.45) is 17.6 Å². The summed E-state index contributed by atoms with van der Waals surface area (Å²) in [6, 6.07) is 0. The lowest BCUT2D eigenvalue weighted by Gasteiger charge is -2.30. The summed E-state index contributed by atoms with van der Waals surface area (Å²) in [5, 5.41) is 3.33. The maximum atomic E-state index is 12.1. The summed E-state index contributed by atoms with van der Waals surface area (Å²) in [4.78, 5) is 0. The molecule has 0 saturated heterocycles. The standard InChI is InChI=1S/C12H23F3N2/c1-9-6-10(9)7-17-11(2,8-16)4-3-5-12(13,14)15/h9-10,17H,3-8,16H2,1-2H3. The van der Waals surface area contributed by atoms with Crippen LogP contribution in [0.15, 0.2) is 0 Å². The molecule has 0 aliphatic heterocycles. The van der Waals surface area contributed by atoms with Crippen LogP contribution in [0.25, 0.3) is 0 Å². The predicted molar refractivity (Wildman–Crippen MR) is 62.6 cm³/mol. The molecule has 0 radical (unpaired) electrons. The second-order valence-corrected chi connectivity index (χ2v) is 5.59. The molecule has 0 bridgehead atoms. The van der Waals surface area contributed by atoms with Crippen molar-refractivity contribution in [3.05, 3.63) is 0 Å². The first kappa shape index (κ1) is 14.8. The third-order valence-corrected chi connectivity index (χ3v) is 3.71. The number of hydrogen-bond donors (Lipinski definition) is 2. The van der Waals surface area contributed by atoms with Crippen LogP contribution in [0.2, 0.25) is 0 Å². The zero-order chi connectivity index (χ0) is 13.1. The minimum absolute atomic E-state index is 0.143. The van der Waals surface area contributed by atoms with Crippen LogP contribution in [0.4, 0.5) is 13.2 Å². The molecule has 0 amide bonds. The summed E-state index contributed by atoms with van der Waals surface area (Å²) in [6.45, 7) is 5.36. The fourth-order valence-electron chi connectivity index (χ4n) is 2.00. The lowest BCUT2D eigenvalue weighted by atomic mass is 9.94. The Bertz CT molecular complexity index is 242. The topological polar surface area (TPSA) is 38.0 Å². The molecule has 1 saturated carbocycles. The second kappa shape index (κ2) is 5.57. The van der Waals surface area contributed by atoms with Crippen LogP contribution < -0.4 is 11.1 Å². The molecule has 5 heteroatoms. The minimum Gasteiger partial charge on any atom is -0.329 e. The SMILES string of the molecule is CC1CC1CNC(C)(CN)CCCC(F)(F)F. The Morgan fingerprint density at radius 3 is 2.29 bits per heavy atom. The molecule has 0 aromatic heterocycles. The predicted octanol–water partition coefficient (Wildman–Crippen LogP) is 2.68. The molecule has 1 aliphatic rings. The molecule has 17 heavy (non-hydrogen) atoms. The fourth-order valence-corrected chi connectivity index (χ4v) is 2.00. The molecule has 2 nitrogen and oxygen atoms in total. The van der Waals surface area contributed by atoms with Crippen LogP contribution in [-0.2, 0) is 0 Å². The van der Waals surface area contributed by atoms with E-state index >= 15 is 0 Å². The highest BCUT2D eigenvalue weighted by atomic mass is 19.4. The Hall–Kier alpha value is -0.290. The van der Waals surface area contributed by atoms with Gasteiger partial charge in [-0.1, -0.05) is 6.92 Å². The van der Waals surface area contributed by atoms with Gasteiger partial charge in [0.2, 0.25) is 0 Å². The van der Waals surface area contributed by atoms with E-state index in [1.54, 1.807) is 0 Å². The summed E-state index contributed by atoms with van der Waals surface area (Å²) >= 11 is 0. The van der Waals surface area contributed by atoms with E-state index in [-0.39, 0.29) is 12.0 Å². The fraction of sp³-hybridized carbons (Fsp3) is 1.00. The van der Waals surface area contributed by atoms with Gasteiger partial charge in [-0.2, -0.15) is 13.2 Å². The van der Waals surface area contributed by atoms with E-state index in [2.05, 4.69) is 12.2 Å². The number of alkyl halides is 3. The normalized spacial score (nSPS) is 27.9. The van der Waals surface area contributed by atoms with Gasteiger partial charge in [0.1, 0.15) is 0 Å². The third-order valence-electron chi connectivity index (χ3n) is 3.71. The van der Waals surface area contributed by atoms with Crippen molar-refractivity contribution in [3.63, 3.8) is 0 Å². The molecule has 102 valence electrons. The Morgan fingerprint density at radius 2 is 1.88 bits per heavy atom. The largest absolute Gasteiger partial charge is 0.389 e. The van der Waals surface area contributed by atoms with Gasteiger partial charge >= 0.3 is 6.18 Å². The van der Waals surface area contributed by atoms with Crippen molar-refractivity contribution in [2.45, 2.75) is 51.2 Å². The molecule has 1 fully saturated rings. The highest BCUT2D eigenvalue weighted by Gasteiger charge is 2.35. The van der Waals surface area contributed by atoms with E-state index in [0.29, 0.717) is 18.9 Å². The molecule has 3 atom stereocenters. The van der Waals surface area contributed by atoms with Crippen molar-refractivity contribution in [1.29, 1.82) is 0 Å². The average Bonchev–Trinajstić information content (AvgIpc) is 2.90. The number of nitrogens with one attached hydrogen (secondary N) is 1. The molecule has 1 rings (SSSR count). The first-order valence-corrected chi connectivity index (χ1v) is 6.27. The van der Waals surface area contributed by atoms with Gasteiger partial charge in [-0.3, -0.25) is 0 Å². The molecule has 1 aliphatic carbocycles. The molecular formula is C12H23F3N2. The molecule has 0 aromatic rings. The average molecular weight is 252 g/mol. The lowest BCUT2D eigenvalue weighted by molar-refractivity contribution is -0.136. The summed E-state index contributed by atoms with van der Waals surface area (Å²) in [5.41, 5.74) is 5.30. The van der Waals surface area contributed by atoms with Crippen molar-refractivity contribution in [3.8, 4) is 0 Å². The van der Waals surface area contributed by atoms with Gasteiger partial charge in [0.25, 0.3) is 0 Å². The van der Waals surface area contributed by atoms with Crippen LogP contribution in [0.1, 0.15) is 39.5 Å². The second-order valence-electron chi connectivity index (χ2n) is 5.59. The van der Waals surface area contributed by atoms with Gasteiger partial charge in [0, 0.05) is 18.5 Å². The number of nitrogens with two attached hydrogens (primary N) is 1. The Balaban J connectivity index is 2.24. The Kier molecular flexibility index (Phi) is 4.84. The number of rotatable bonds is 7. The maximum absolute atomic E-state index is 12.1. The van der Waals surface area contributed by atoms with Gasteiger partial charge in [0.15, 0.2) is 0 Å². The zero-order valence-electron chi connectivity index (χ0n) is 10.6. The first-order chi connectivity index (χ1) is 7.76. The number of hydrogen-bond acceptors (Lipinski definition) is 2. The smallest absolute Gasteiger partial charge is 0.329 e. The Labute approximate surface area is 101 Å². The van der Waals surface area contributed by atoms with E-state index in [9.17, 15) is 13.2 Å². The Morgan fingerprint density at radius 1 is 1.29 bits per heavy atom. The maximum Gasteiger partial charge on any atom is 0.389 e. The van der Waals surface area contributed by atoms with E-state index < -0.39 is 12.6 Å². The van der Waals surface area contributed by atoms with Crippen molar-refractivity contribution >= 4 is 0 Å². The highest BCUT2D eigenvalue weighted by Crippen LogP contribution is 2.37. The zero-order valence-corrected chi connectivity index (χ0v) is 10.6. The molecule has 0 spiro atoms. The summed E-state index contributed by atoms with van der Waals surface area (Å²) in [7, 11) is 0. The van der Waals surface area contributed by atoms with E-state index in [1.165, 1.54) is 6.42 Å². The van der Waals surface area contributed by atoms with Gasteiger partial charge in [-0.25, -0.2) is 0 Å². The summed E-state index contributed by atoms with van der Waals surface area (Å²) in [5.74, 6) is 1.43. The molecular weight excluding hydrogens is 229 g/mol. The summed E-state index contributed by atoms with van der Waals surface area (Å²) < 4.78 is 36.2. The van der Waals surface area contributed by atoms with E-state index in [0.717, 1.165) is 12.5 Å². The summed E-state index contributed by atoms with van der Waals surface area (Å²) in [6.07, 6.45) is -2.94. The van der Waals surface area contributed by atoms with Gasteiger partial charge in [-0.15, -0.1) is 0 Å². The van der Waals surface area contributed by atoms with Crippen LogP contribution in [0.3, 0.4) is 0 Å². The highest BCUT2D eigenvalue weighted by molar-refractivity contribution is 4.90. The van der Waals surface area contributed by atoms with Crippen molar-refractivity contribution < 1.29 is 13.2 Å². The molecule has 0 heterocycles. The minimum atomic E-state index is -4.06. The third kappa shape index (κ3) is 5.73. The first-order valence-electron chi connectivity index (χ1n) is 6.27. The lowest BCUT2D eigenvalue weighted by Crippen LogP contribution is -2.49. The van der Waals surface area contributed by atoms with E-state index in [1.807, 2.05) is 6.92 Å². The molecule has 3 unspecified atom stereocenters. The molecule has 3 N–H and O–H groups in total. The van der Waals surface area contributed by atoms with Crippen LogP contribution in [0.5, 0.6) is 0 Å². The van der Waals surface area contributed by atoms with Crippen LogP contribution >= 0.6 is 0 Å². The molecule has 0 aromatic carbocycles. The van der Waals surface area contributed by atoms with Gasteiger partial charge in [-0.05, 0) is 44.6 Å². The van der Waals surface area contributed by atoms with Gasteiger partial charge < -0.3 is 11.1 Å². The van der Waals surface area contributed by atoms with Gasteiger partial charge in [0.05, 0.1) is 0 Å². The van der Waals surface area contributed by atoms with Crippen LogP contribution in [-0.4, -0.2) is 24.8 Å². The number of halogens is 3. The van der Waals surface area contributed by atoms with Crippen LogP contribution in [0, 0.1) is 11.8 Å². The van der Waals surface area contributed by atoms with Crippen molar-refractivity contribution in [2.75, 3.05) is 13.1 Å². The quantitative estimate of drug-likeness (QED) is 0.731. The van der Waals surface area contributed by atoms with Crippen molar-refractivity contribution in [1.82, 2.24) is 5.32 Å².